The number of rotatable bonds is 3. The normalized spacial score (nSPS) is 25.4. The third kappa shape index (κ3) is 2.95. The number of aliphatic hydroxyl groups is 1. The van der Waals surface area contributed by atoms with Gasteiger partial charge in [-0.2, -0.15) is 0 Å². The SMILES string of the molecule is CC1CCC(Oc2ccc(CO)cn2)CC1. The van der Waals surface area contributed by atoms with Crippen molar-refractivity contribution in [1.29, 1.82) is 0 Å². The molecule has 1 aromatic rings. The van der Waals surface area contributed by atoms with Crippen LogP contribution in [0.5, 0.6) is 5.88 Å². The molecule has 1 aliphatic rings. The molecule has 0 amide bonds. The van der Waals surface area contributed by atoms with E-state index < -0.39 is 0 Å². The van der Waals surface area contributed by atoms with Crippen LogP contribution in [0.4, 0.5) is 0 Å². The first-order chi connectivity index (χ1) is 7.78. The first kappa shape index (κ1) is 11.4. The van der Waals surface area contributed by atoms with Crippen molar-refractivity contribution in [2.24, 2.45) is 5.92 Å². The zero-order valence-corrected chi connectivity index (χ0v) is 9.72. The van der Waals surface area contributed by atoms with Gasteiger partial charge in [0, 0.05) is 12.3 Å². The molecule has 0 atom stereocenters. The van der Waals surface area contributed by atoms with E-state index in [4.69, 9.17) is 9.84 Å². The molecule has 16 heavy (non-hydrogen) atoms. The Labute approximate surface area is 96.5 Å². The van der Waals surface area contributed by atoms with Crippen molar-refractivity contribution in [3.63, 3.8) is 0 Å². The van der Waals surface area contributed by atoms with Crippen molar-refractivity contribution in [3.8, 4) is 5.88 Å². The van der Waals surface area contributed by atoms with Gasteiger partial charge in [0.2, 0.25) is 5.88 Å². The van der Waals surface area contributed by atoms with Crippen molar-refractivity contribution in [2.75, 3.05) is 0 Å². The molecule has 0 aliphatic heterocycles. The van der Waals surface area contributed by atoms with Gasteiger partial charge in [0.1, 0.15) is 6.10 Å². The molecule has 88 valence electrons. The Kier molecular flexibility index (Phi) is 3.78. The maximum absolute atomic E-state index is 8.90. The van der Waals surface area contributed by atoms with Gasteiger partial charge in [-0.05, 0) is 43.2 Å². The van der Waals surface area contributed by atoms with E-state index >= 15 is 0 Å². The molecule has 1 N–H and O–H groups in total. The van der Waals surface area contributed by atoms with Crippen LogP contribution >= 0.6 is 0 Å². The third-order valence-electron chi connectivity index (χ3n) is 3.23. The van der Waals surface area contributed by atoms with E-state index in [1.165, 1.54) is 12.8 Å². The third-order valence-corrected chi connectivity index (χ3v) is 3.23. The van der Waals surface area contributed by atoms with Gasteiger partial charge in [-0.15, -0.1) is 0 Å². The molecular weight excluding hydrogens is 202 g/mol. The van der Waals surface area contributed by atoms with E-state index in [1.54, 1.807) is 6.20 Å². The average molecular weight is 221 g/mol. The van der Waals surface area contributed by atoms with Gasteiger partial charge in [0.15, 0.2) is 0 Å². The Hall–Kier alpha value is -1.09. The maximum Gasteiger partial charge on any atom is 0.213 e. The fourth-order valence-corrected chi connectivity index (χ4v) is 2.09. The van der Waals surface area contributed by atoms with Crippen LogP contribution < -0.4 is 4.74 Å². The lowest BCUT2D eigenvalue weighted by atomic mass is 9.89. The molecular formula is C13H19NO2. The van der Waals surface area contributed by atoms with Crippen LogP contribution in [0.2, 0.25) is 0 Å². The van der Waals surface area contributed by atoms with E-state index in [0.29, 0.717) is 12.0 Å². The summed E-state index contributed by atoms with van der Waals surface area (Å²) >= 11 is 0. The Morgan fingerprint density at radius 3 is 2.62 bits per heavy atom. The average Bonchev–Trinajstić information content (AvgIpc) is 2.33. The van der Waals surface area contributed by atoms with Gasteiger partial charge in [-0.25, -0.2) is 4.98 Å². The summed E-state index contributed by atoms with van der Waals surface area (Å²) < 4.78 is 5.81. The molecule has 0 unspecified atom stereocenters. The van der Waals surface area contributed by atoms with Crippen LogP contribution in [0.15, 0.2) is 18.3 Å². The molecule has 0 spiro atoms. The lowest BCUT2D eigenvalue weighted by Gasteiger charge is -2.26. The number of hydrogen-bond donors (Lipinski definition) is 1. The summed E-state index contributed by atoms with van der Waals surface area (Å²) in [7, 11) is 0. The quantitative estimate of drug-likeness (QED) is 0.852. The van der Waals surface area contributed by atoms with Gasteiger partial charge >= 0.3 is 0 Å². The molecule has 2 rings (SSSR count). The van der Waals surface area contributed by atoms with Crippen LogP contribution in [0.25, 0.3) is 0 Å². The molecule has 0 aromatic carbocycles. The van der Waals surface area contributed by atoms with Gasteiger partial charge in [0.05, 0.1) is 6.61 Å². The van der Waals surface area contributed by atoms with Gasteiger partial charge in [-0.3, -0.25) is 0 Å². The van der Waals surface area contributed by atoms with E-state index in [-0.39, 0.29) is 6.61 Å². The van der Waals surface area contributed by atoms with Crippen molar-refractivity contribution in [1.82, 2.24) is 4.98 Å². The highest BCUT2D eigenvalue weighted by molar-refractivity contribution is 5.17. The summed E-state index contributed by atoms with van der Waals surface area (Å²) in [4.78, 5) is 4.18. The monoisotopic (exact) mass is 221 g/mol. The number of ether oxygens (including phenoxy) is 1. The Morgan fingerprint density at radius 1 is 1.31 bits per heavy atom. The first-order valence-electron chi connectivity index (χ1n) is 6.00. The van der Waals surface area contributed by atoms with Crippen LogP contribution in [-0.4, -0.2) is 16.2 Å². The molecule has 3 heteroatoms. The fraction of sp³-hybridized carbons (Fsp3) is 0.615. The minimum absolute atomic E-state index is 0.0359. The lowest BCUT2D eigenvalue weighted by Crippen LogP contribution is -2.23. The van der Waals surface area contributed by atoms with Crippen LogP contribution in [0, 0.1) is 5.92 Å². The van der Waals surface area contributed by atoms with Gasteiger partial charge in [0.25, 0.3) is 0 Å². The van der Waals surface area contributed by atoms with Crippen LogP contribution in [0.3, 0.4) is 0 Å². The lowest BCUT2D eigenvalue weighted by molar-refractivity contribution is 0.130. The highest BCUT2D eigenvalue weighted by atomic mass is 16.5. The molecule has 0 saturated heterocycles. The summed E-state index contributed by atoms with van der Waals surface area (Å²) in [6, 6.07) is 3.69. The van der Waals surface area contributed by atoms with E-state index in [0.717, 1.165) is 24.3 Å². The van der Waals surface area contributed by atoms with E-state index in [1.807, 2.05) is 12.1 Å². The van der Waals surface area contributed by atoms with E-state index in [9.17, 15) is 0 Å². The van der Waals surface area contributed by atoms with Crippen molar-refractivity contribution in [3.05, 3.63) is 23.9 Å². The summed E-state index contributed by atoms with van der Waals surface area (Å²) in [6.07, 6.45) is 6.75. The Morgan fingerprint density at radius 2 is 2.06 bits per heavy atom. The van der Waals surface area contributed by atoms with Crippen molar-refractivity contribution in [2.45, 2.75) is 45.3 Å². The number of hydrogen-bond acceptors (Lipinski definition) is 3. The predicted octanol–water partition coefficient (Wildman–Crippen LogP) is 2.53. The zero-order chi connectivity index (χ0) is 11.4. The molecule has 1 aliphatic carbocycles. The largest absolute Gasteiger partial charge is 0.474 e. The summed E-state index contributed by atoms with van der Waals surface area (Å²) in [5, 5.41) is 8.90. The Bertz CT molecular complexity index is 315. The molecule has 1 aromatic heterocycles. The number of nitrogens with zero attached hydrogens (tertiary/aromatic N) is 1. The first-order valence-corrected chi connectivity index (χ1v) is 6.00. The predicted molar refractivity (Wildman–Crippen MR) is 62.2 cm³/mol. The number of aromatic nitrogens is 1. The highest BCUT2D eigenvalue weighted by Gasteiger charge is 2.19. The molecule has 1 fully saturated rings. The fourth-order valence-electron chi connectivity index (χ4n) is 2.09. The second-order valence-corrected chi connectivity index (χ2v) is 4.66. The molecule has 3 nitrogen and oxygen atoms in total. The summed E-state index contributed by atoms with van der Waals surface area (Å²) in [5.74, 6) is 1.52. The van der Waals surface area contributed by atoms with Crippen LogP contribution in [0.1, 0.15) is 38.2 Å². The van der Waals surface area contributed by atoms with E-state index in [2.05, 4.69) is 11.9 Å². The van der Waals surface area contributed by atoms with Gasteiger partial charge in [-0.1, -0.05) is 6.92 Å². The molecule has 1 saturated carbocycles. The zero-order valence-electron chi connectivity index (χ0n) is 9.72. The summed E-state index contributed by atoms with van der Waals surface area (Å²) in [6.45, 7) is 2.33. The van der Waals surface area contributed by atoms with Gasteiger partial charge < -0.3 is 9.84 Å². The smallest absolute Gasteiger partial charge is 0.213 e. The minimum atomic E-state index is 0.0359. The molecule has 1 heterocycles. The maximum atomic E-state index is 8.90. The highest BCUT2D eigenvalue weighted by Crippen LogP contribution is 2.26. The number of aliphatic hydroxyl groups excluding tert-OH is 1. The summed E-state index contributed by atoms with van der Waals surface area (Å²) in [5.41, 5.74) is 0.824. The number of pyridine rings is 1. The molecule has 0 bridgehead atoms. The van der Waals surface area contributed by atoms with Crippen molar-refractivity contribution < 1.29 is 9.84 Å². The topological polar surface area (TPSA) is 42.4 Å². The standard InChI is InChI=1S/C13H19NO2/c1-10-2-5-12(6-3-10)16-13-7-4-11(9-15)8-14-13/h4,7-8,10,12,15H,2-3,5-6,9H2,1H3. The second-order valence-electron chi connectivity index (χ2n) is 4.66. The van der Waals surface area contributed by atoms with Crippen LogP contribution in [-0.2, 0) is 6.61 Å². The molecule has 0 radical (unpaired) electrons. The second kappa shape index (κ2) is 5.30. The Balaban J connectivity index is 1.88. The van der Waals surface area contributed by atoms with Crippen molar-refractivity contribution >= 4 is 0 Å². The minimum Gasteiger partial charge on any atom is -0.474 e.